The van der Waals surface area contributed by atoms with Crippen LogP contribution in [0, 0.1) is 0 Å². The summed E-state index contributed by atoms with van der Waals surface area (Å²) in [7, 11) is 1.66. The first kappa shape index (κ1) is 15.8. The number of methoxy groups -OCH3 is 1. The lowest BCUT2D eigenvalue weighted by atomic mass is 9.79. The monoisotopic (exact) mass is 336 g/mol. The quantitative estimate of drug-likeness (QED) is 0.762. The van der Waals surface area contributed by atoms with Crippen molar-refractivity contribution < 1.29 is 9.84 Å². The van der Waals surface area contributed by atoms with E-state index in [1.54, 1.807) is 19.5 Å². The molecule has 0 amide bonds. The third-order valence-corrected chi connectivity index (χ3v) is 4.84. The van der Waals surface area contributed by atoms with Crippen LogP contribution in [0.2, 0.25) is 0 Å². The van der Waals surface area contributed by atoms with Gasteiger partial charge in [0, 0.05) is 18.1 Å². The van der Waals surface area contributed by atoms with Gasteiger partial charge in [-0.1, -0.05) is 6.07 Å². The number of hydrogen-bond acceptors (Lipinski definition) is 6. The fourth-order valence-electron chi connectivity index (χ4n) is 3.53. The first-order valence-corrected chi connectivity index (χ1v) is 8.38. The summed E-state index contributed by atoms with van der Waals surface area (Å²) in [6.45, 7) is 0.390. The van der Waals surface area contributed by atoms with Gasteiger partial charge in [-0.25, -0.2) is 9.97 Å². The molecule has 0 saturated carbocycles. The summed E-state index contributed by atoms with van der Waals surface area (Å²) in [6.07, 6.45) is 7.54. The van der Waals surface area contributed by atoms with Crippen molar-refractivity contribution in [1.29, 1.82) is 0 Å². The second-order valence-corrected chi connectivity index (χ2v) is 6.38. The summed E-state index contributed by atoms with van der Waals surface area (Å²) in [5, 5.41) is 15.5. The molecule has 0 fully saturated rings. The number of anilines is 1. The second kappa shape index (κ2) is 6.29. The predicted octanol–water partition coefficient (Wildman–Crippen LogP) is 2.67. The van der Waals surface area contributed by atoms with Gasteiger partial charge in [-0.05, 0) is 48.6 Å². The Kier molecular flexibility index (Phi) is 3.97. The fraction of sp³-hybridized carbons (Fsp3) is 0.316. The standard InChI is InChI=1S/C19H20N4O2/c1-25-14-4-5-16-13(9-14)3-2-7-19(16,24)11-21-18-15-6-8-20-10-17(15)22-12-23-18/h4-6,8-10,12,24H,2-3,7,11H2,1H3,(H,21,22,23). The molecule has 2 N–H and O–H groups in total. The molecule has 1 aliphatic carbocycles. The average molecular weight is 336 g/mol. The van der Waals surface area contributed by atoms with Crippen LogP contribution in [0.25, 0.3) is 10.9 Å². The maximum atomic E-state index is 11.3. The van der Waals surface area contributed by atoms with E-state index in [1.807, 2.05) is 24.3 Å². The van der Waals surface area contributed by atoms with Crippen molar-refractivity contribution in [2.75, 3.05) is 19.0 Å². The molecule has 2 aromatic heterocycles. The highest BCUT2D eigenvalue weighted by atomic mass is 16.5. The Morgan fingerprint density at radius 3 is 3.08 bits per heavy atom. The molecule has 1 aromatic carbocycles. The van der Waals surface area contributed by atoms with E-state index >= 15 is 0 Å². The molecule has 0 aliphatic heterocycles. The van der Waals surface area contributed by atoms with Crippen LogP contribution >= 0.6 is 0 Å². The van der Waals surface area contributed by atoms with Gasteiger partial charge >= 0.3 is 0 Å². The van der Waals surface area contributed by atoms with E-state index < -0.39 is 5.60 Å². The van der Waals surface area contributed by atoms with E-state index in [4.69, 9.17) is 4.74 Å². The Labute approximate surface area is 145 Å². The highest BCUT2D eigenvalue weighted by Crippen LogP contribution is 2.37. The van der Waals surface area contributed by atoms with Gasteiger partial charge in [-0.3, -0.25) is 4.98 Å². The molecule has 6 heteroatoms. The maximum absolute atomic E-state index is 11.3. The van der Waals surface area contributed by atoms with Crippen LogP contribution in [0.5, 0.6) is 5.75 Å². The number of rotatable bonds is 4. The molecule has 25 heavy (non-hydrogen) atoms. The molecular weight excluding hydrogens is 316 g/mol. The largest absolute Gasteiger partial charge is 0.497 e. The van der Waals surface area contributed by atoms with Crippen molar-refractivity contribution in [2.45, 2.75) is 24.9 Å². The van der Waals surface area contributed by atoms with Crippen molar-refractivity contribution >= 4 is 16.7 Å². The van der Waals surface area contributed by atoms with Crippen molar-refractivity contribution in [3.05, 3.63) is 54.1 Å². The zero-order valence-corrected chi connectivity index (χ0v) is 14.1. The van der Waals surface area contributed by atoms with Gasteiger partial charge in [0.05, 0.1) is 18.8 Å². The number of aliphatic hydroxyl groups is 1. The van der Waals surface area contributed by atoms with Gasteiger partial charge in [0.1, 0.15) is 23.5 Å². The Hall–Kier alpha value is -2.73. The molecule has 4 rings (SSSR count). The number of benzene rings is 1. The number of nitrogens with one attached hydrogen (secondary N) is 1. The van der Waals surface area contributed by atoms with E-state index in [2.05, 4.69) is 20.3 Å². The first-order valence-electron chi connectivity index (χ1n) is 8.38. The zero-order chi connectivity index (χ0) is 17.3. The number of aryl methyl sites for hydroxylation is 1. The van der Waals surface area contributed by atoms with Crippen molar-refractivity contribution in [2.24, 2.45) is 0 Å². The third kappa shape index (κ3) is 2.89. The normalized spacial score (nSPS) is 19.4. The number of pyridine rings is 1. The predicted molar refractivity (Wildman–Crippen MR) is 95.7 cm³/mol. The summed E-state index contributed by atoms with van der Waals surface area (Å²) in [5.74, 6) is 1.53. The van der Waals surface area contributed by atoms with Gasteiger partial charge in [0.2, 0.25) is 0 Å². The Morgan fingerprint density at radius 1 is 1.28 bits per heavy atom. The molecule has 0 radical (unpaired) electrons. The smallest absolute Gasteiger partial charge is 0.137 e. The zero-order valence-electron chi connectivity index (χ0n) is 14.1. The van der Waals surface area contributed by atoms with Gasteiger partial charge in [0.25, 0.3) is 0 Å². The molecule has 1 unspecified atom stereocenters. The summed E-state index contributed by atoms with van der Waals surface area (Å²) in [6, 6.07) is 7.77. The number of aromatic nitrogens is 3. The average Bonchev–Trinajstić information content (AvgIpc) is 2.66. The van der Waals surface area contributed by atoms with E-state index in [0.717, 1.165) is 40.6 Å². The fourth-order valence-corrected chi connectivity index (χ4v) is 3.53. The van der Waals surface area contributed by atoms with Gasteiger partial charge < -0.3 is 15.2 Å². The Morgan fingerprint density at radius 2 is 2.20 bits per heavy atom. The van der Waals surface area contributed by atoms with Crippen LogP contribution in [-0.2, 0) is 12.0 Å². The van der Waals surface area contributed by atoms with Crippen LogP contribution in [0.4, 0.5) is 5.82 Å². The van der Waals surface area contributed by atoms with Crippen molar-refractivity contribution in [1.82, 2.24) is 15.0 Å². The van der Waals surface area contributed by atoms with Crippen LogP contribution in [-0.4, -0.2) is 33.7 Å². The second-order valence-electron chi connectivity index (χ2n) is 6.38. The molecule has 2 heterocycles. The third-order valence-electron chi connectivity index (χ3n) is 4.84. The first-order chi connectivity index (χ1) is 12.2. The molecular formula is C19H20N4O2. The molecule has 0 bridgehead atoms. The van der Waals surface area contributed by atoms with E-state index in [0.29, 0.717) is 18.8 Å². The lowest BCUT2D eigenvalue weighted by Gasteiger charge is -2.35. The summed E-state index contributed by atoms with van der Waals surface area (Å²) in [5.41, 5.74) is 1.96. The van der Waals surface area contributed by atoms with Crippen LogP contribution in [0.3, 0.4) is 0 Å². The minimum Gasteiger partial charge on any atom is -0.497 e. The highest BCUT2D eigenvalue weighted by molar-refractivity contribution is 5.87. The molecule has 1 aliphatic rings. The van der Waals surface area contributed by atoms with Crippen LogP contribution < -0.4 is 10.1 Å². The SMILES string of the molecule is COc1ccc2c(c1)CCCC2(O)CNc1ncnc2cnccc12. The van der Waals surface area contributed by atoms with Crippen molar-refractivity contribution in [3.63, 3.8) is 0 Å². The lowest BCUT2D eigenvalue weighted by Crippen LogP contribution is -2.37. The Bertz CT molecular complexity index is 910. The minimum absolute atomic E-state index is 0.390. The summed E-state index contributed by atoms with van der Waals surface area (Å²) in [4.78, 5) is 12.6. The van der Waals surface area contributed by atoms with Crippen LogP contribution in [0.1, 0.15) is 24.0 Å². The van der Waals surface area contributed by atoms with Crippen LogP contribution in [0.15, 0.2) is 43.0 Å². The molecule has 128 valence electrons. The number of ether oxygens (including phenoxy) is 1. The van der Waals surface area contributed by atoms with E-state index in [1.165, 1.54) is 6.33 Å². The molecule has 1 atom stereocenters. The number of fused-ring (bicyclic) bond motifs is 2. The summed E-state index contributed by atoms with van der Waals surface area (Å²) >= 11 is 0. The minimum atomic E-state index is -0.926. The maximum Gasteiger partial charge on any atom is 0.137 e. The van der Waals surface area contributed by atoms with Crippen molar-refractivity contribution in [3.8, 4) is 5.75 Å². The number of nitrogens with zero attached hydrogens (tertiary/aromatic N) is 3. The Balaban J connectivity index is 1.63. The highest BCUT2D eigenvalue weighted by Gasteiger charge is 2.34. The molecule has 0 spiro atoms. The van der Waals surface area contributed by atoms with Gasteiger partial charge in [-0.15, -0.1) is 0 Å². The van der Waals surface area contributed by atoms with E-state index in [9.17, 15) is 5.11 Å². The van der Waals surface area contributed by atoms with Gasteiger partial charge in [-0.2, -0.15) is 0 Å². The molecule has 3 aromatic rings. The topological polar surface area (TPSA) is 80.2 Å². The van der Waals surface area contributed by atoms with E-state index in [-0.39, 0.29) is 0 Å². The van der Waals surface area contributed by atoms with Gasteiger partial charge in [0.15, 0.2) is 0 Å². The lowest BCUT2D eigenvalue weighted by molar-refractivity contribution is 0.0322. The summed E-state index contributed by atoms with van der Waals surface area (Å²) < 4.78 is 5.31. The molecule has 6 nitrogen and oxygen atoms in total. The molecule has 0 saturated heterocycles. The number of hydrogen-bond donors (Lipinski definition) is 2.